The summed E-state index contributed by atoms with van der Waals surface area (Å²) in [5, 5.41) is 2.85. The second kappa shape index (κ2) is 5.07. The number of alkyl carbamates (subject to hydrolysis) is 1. The average Bonchev–Trinajstić information content (AvgIpc) is 2.24. The van der Waals surface area contributed by atoms with E-state index < -0.39 is 28.7 Å². The molecular formula is C15H26F2N2O2. The smallest absolute Gasteiger partial charge is 0.408 e. The topological polar surface area (TPSA) is 64.3 Å². The second-order valence-corrected chi connectivity index (χ2v) is 7.64. The van der Waals surface area contributed by atoms with Crippen molar-refractivity contribution in [2.24, 2.45) is 5.73 Å². The van der Waals surface area contributed by atoms with Gasteiger partial charge in [-0.25, -0.2) is 13.6 Å². The number of carbonyl (C=O) groups is 1. The minimum Gasteiger partial charge on any atom is -0.444 e. The van der Waals surface area contributed by atoms with Crippen molar-refractivity contribution in [1.29, 1.82) is 0 Å². The zero-order valence-corrected chi connectivity index (χ0v) is 13.1. The van der Waals surface area contributed by atoms with E-state index in [1.807, 2.05) is 0 Å². The predicted octanol–water partition coefficient (Wildman–Crippen LogP) is 3.34. The molecule has 0 spiro atoms. The molecule has 1 amide bonds. The molecule has 6 heteroatoms. The number of halogens is 2. The Labute approximate surface area is 124 Å². The third-order valence-electron chi connectivity index (χ3n) is 4.55. The van der Waals surface area contributed by atoms with Crippen molar-refractivity contribution in [2.75, 3.05) is 0 Å². The summed E-state index contributed by atoms with van der Waals surface area (Å²) in [4.78, 5) is 12.1. The Bertz CT molecular complexity index is 404. The molecule has 0 aromatic rings. The molecule has 0 heterocycles. The van der Waals surface area contributed by atoms with Crippen LogP contribution in [-0.4, -0.2) is 28.7 Å². The molecule has 0 radical (unpaired) electrons. The number of ether oxygens (including phenoxy) is 1. The van der Waals surface area contributed by atoms with Crippen LogP contribution in [0.3, 0.4) is 0 Å². The molecule has 0 aliphatic heterocycles. The Kier molecular flexibility index (Phi) is 3.98. The molecule has 0 atom stereocenters. The summed E-state index contributed by atoms with van der Waals surface area (Å²) < 4.78 is 32.0. The molecule has 2 aliphatic carbocycles. The van der Waals surface area contributed by atoms with Crippen LogP contribution in [0.25, 0.3) is 0 Å². The largest absolute Gasteiger partial charge is 0.444 e. The molecule has 4 nitrogen and oxygen atoms in total. The van der Waals surface area contributed by atoms with Crippen molar-refractivity contribution < 1.29 is 18.3 Å². The lowest BCUT2D eigenvalue weighted by atomic mass is 9.57. The van der Waals surface area contributed by atoms with Crippen LogP contribution in [0.4, 0.5) is 13.6 Å². The van der Waals surface area contributed by atoms with Crippen molar-refractivity contribution in [3.8, 4) is 0 Å². The number of alkyl halides is 2. The summed E-state index contributed by atoms with van der Waals surface area (Å²) in [5.74, 6) is -2.71. The van der Waals surface area contributed by atoms with Gasteiger partial charge in [0.05, 0.1) is 11.1 Å². The SMILES string of the molecule is CC(C)(C)OC(=O)NC1(C2(N)CC(F)(F)C2)CCCCC1. The van der Waals surface area contributed by atoms with E-state index in [4.69, 9.17) is 10.5 Å². The van der Waals surface area contributed by atoms with Gasteiger partial charge in [-0.3, -0.25) is 0 Å². The fourth-order valence-corrected chi connectivity index (χ4v) is 3.61. The van der Waals surface area contributed by atoms with Crippen LogP contribution < -0.4 is 11.1 Å². The zero-order chi connectivity index (χ0) is 15.9. The van der Waals surface area contributed by atoms with Gasteiger partial charge in [-0.2, -0.15) is 0 Å². The molecule has 0 unspecified atom stereocenters. The molecule has 0 saturated heterocycles. The molecule has 2 aliphatic rings. The van der Waals surface area contributed by atoms with Crippen molar-refractivity contribution >= 4 is 6.09 Å². The highest BCUT2D eigenvalue weighted by Crippen LogP contribution is 2.53. The first-order valence-corrected chi connectivity index (χ1v) is 7.65. The van der Waals surface area contributed by atoms with Crippen LogP contribution in [0.5, 0.6) is 0 Å². The summed E-state index contributed by atoms with van der Waals surface area (Å²) in [6.45, 7) is 5.32. The van der Waals surface area contributed by atoms with Gasteiger partial charge in [-0.1, -0.05) is 19.3 Å². The van der Waals surface area contributed by atoms with Crippen LogP contribution in [0.1, 0.15) is 65.7 Å². The molecule has 2 saturated carbocycles. The highest BCUT2D eigenvalue weighted by molar-refractivity contribution is 5.69. The summed E-state index contributed by atoms with van der Waals surface area (Å²) >= 11 is 0. The third kappa shape index (κ3) is 3.47. The quantitative estimate of drug-likeness (QED) is 0.822. The molecule has 2 rings (SSSR count). The minimum absolute atomic E-state index is 0.365. The molecular weight excluding hydrogens is 278 g/mol. The zero-order valence-electron chi connectivity index (χ0n) is 13.1. The van der Waals surface area contributed by atoms with E-state index in [-0.39, 0.29) is 12.8 Å². The molecule has 3 N–H and O–H groups in total. The molecule has 0 aromatic carbocycles. The molecule has 0 aromatic heterocycles. The first kappa shape index (κ1) is 16.5. The lowest BCUT2D eigenvalue weighted by Gasteiger charge is -2.58. The van der Waals surface area contributed by atoms with Crippen molar-refractivity contribution in [2.45, 2.75) is 88.3 Å². The number of nitrogens with two attached hydrogens (primary N) is 1. The summed E-state index contributed by atoms with van der Waals surface area (Å²) in [6, 6.07) is 0. The number of hydrogen-bond donors (Lipinski definition) is 2. The Morgan fingerprint density at radius 2 is 1.67 bits per heavy atom. The van der Waals surface area contributed by atoms with E-state index in [0.717, 1.165) is 19.3 Å². The number of carbonyl (C=O) groups excluding carboxylic acids is 1. The van der Waals surface area contributed by atoms with Crippen LogP contribution in [-0.2, 0) is 4.74 Å². The maximum absolute atomic E-state index is 13.3. The number of hydrogen-bond acceptors (Lipinski definition) is 3. The normalized spacial score (nSPS) is 26.6. The molecule has 2 fully saturated rings. The minimum atomic E-state index is -2.71. The van der Waals surface area contributed by atoms with Crippen LogP contribution >= 0.6 is 0 Å². The van der Waals surface area contributed by atoms with Gasteiger partial charge in [0.25, 0.3) is 5.92 Å². The highest BCUT2D eigenvalue weighted by Gasteiger charge is 2.64. The Morgan fingerprint density at radius 1 is 1.14 bits per heavy atom. The van der Waals surface area contributed by atoms with Crippen LogP contribution in [0.15, 0.2) is 0 Å². The van der Waals surface area contributed by atoms with Gasteiger partial charge in [0, 0.05) is 12.8 Å². The predicted molar refractivity (Wildman–Crippen MR) is 76.3 cm³/mol. The van der Waals surface area contributed by atoms with Gasteiger partial charge in [-0.05, 0) is 33.6 Å². The van der Waals surface area contributed by atoms with E-state index in [2.05, 4.69) is 5.32 Å². The summed E-state index contributed by atoms with van der Waals surface area (Å²) in [7, 11) is 0. The number of nitrogens with one attached hydrogen (secondary N) is 1. The van der Waals surface area contributed by atoms with Gasteiger partial charge in [0.2, 0.25) is 0 Å². The molecule has 21 heavy (non-hydrogen) atoms. The van der Waals surface area contributed by atoms with E-state index in [1.54, 1.807) is 20.8 Å². The van der Waals surface area contributed by atoms with Crippen molar-refractivity contribution in [3.63, 3.8) is 0 Å². The number of rotatable bonds is 2. The summed E-state index contributed by atoms with van der Waals surface area (Å²) in [6.07, 6.45) is 2.80. The van der Waals surface area contributed by atoms with Gasteiger partial charge in [0.1, 0.15) is 5.60 Å². The van der Waals surface area contributed by atoms with Gasteiger partial charge in [-0.15, -0.1) is 0 Å². The lowest BCUT2D eigenvalue weighted by molar-refractivity contribution is -0.154. The highest BCUT2D eigenvalue weighted by atomic mass is 19.3. The summed E-state index contributed by atoms with van der Waals surface area (Å²) in [5.41, 5.74) is 3.83. The first-order valence-electron chi connectivity index (χ1n) is 7.65. The first-order chi connectivity index (χ1) is 9.47. The van der Waals surface area contributed by atoms with Gasteiger partial charge < -0.3 is 15.8 Å². The van der Waals surface area contributed by atoms with E-state index >= 15 is 0 Å². The third-order valence-corrected chi connectivity index (χ3v) is 4.55. The maximum atomic E-state index is 13.3. The van der Waals surface area contributed by atoms with Crippen LogP contribution in [0.2, 0.25) is 0 Å². The van der Waals surface area contributed by atoms with E-state index in [1.165, 1.54) is 0 Å². The second-order valence-electron chi connectivity index (χ2n) is 7.64. The average molecular weight is 304 g/mol. The Morgan fingerprint density at radius 3 is 2.10 bits per heavy atom. The Balaban J connectivity index is 2.13. The van der Waals surface area contributed by atoms with Gasteiger partial charge >= 0.3 is 6.09 Å². The maximum Gasteiger partial charge on any atom is 0.408 e. The van der Waals surface area contributed by atoms with E-state index in [9.17, 15) is 13.6 Å². The monoisotopic (exact) mass is 304 g/mol. The lowest BCUT2D eigenvalue weighted by Crippen LogP contribution is -2.76. The molecule has 122 valence electrons. The number of amides is 1. The molecule has 0 bridgehead atoms. The van der Waals surface area contributed by atoms with E-state index in [0.29, 0.717) is 12.8 Å². The van der Waals surface area contributed by atoms with Crippen molar-refractivity contribution in [3.05, 3.63) is 0 Å². The van der Waals surface area contributed by atoms with Crippen LogP contribution in [0, 0.1) is 0 Å². The van der Waals surface area contributed by atoms with Crippen molar-refractivity contribution in [1.82, 2.24) is 5.32 Å². The fourth-order valence-electron chi connectivity index (χ4n) is 3.61. The Hall–Kier alpha value is -0.910. The fraction of sp³-hybridized carbons (Fsp3) is 0.933. The standard InChI is InChI=1S/C15H26F2N2O2/c1-12(2,3)21-11(20)19-14(7-5-4-6-8-14)13(18)9-15(16,17)10-13/h4-10,18H2,1-3H3,(H,19,20). The van der Waals surface area contributed by atoms with Gasteiger partial charge in [0.15, 0.2) is 0 Å².